The lowest BCUT2D eigenvalue weighted by atomic mass is 10.0. The maximum absolute atomic E-state index is 12.2. The maximum Gasteiger partial charge on any atom is 0.168 e. The van der Waals surface area contributed by atoms with Gasteiger partial charge in [0.15, 0.2) is 5.78 Å². The number of hydrogen-bond acceptors (Lipinski definition) is 4. The quantitative estimate of drug-likeness (QED) is 0.850. The van der Waals surface area contributed by atoms with Crippen molar-refractivity contribution in [1.82, 2.24) is 5.16 Å². The van der Waals surface area contributed by atoms with Crippen molar-refractivity contribution in [1.29, 1.82) is 0 Å². The van der Waals surface area contributed by atoms with Gasteiger partial charge >= 0.3 is 0 Å². The molecule has 20 heavy (non-hydrogen) atoms. The lowest BCUT2D eigenvalue weighted by molar-refractivity contribution is 0.0970. The zero-order valence-electron chi connectivity index (χ0n) is 10.8. The lowest BCUT2D eigenvalue weighted by Crippen LogP contribution is -2.03. The van der Waals surface area contributed by atoms with Gasteiger partial charge in [-0.05, 0) is 25.5 Å². The molecule has 0 saturated carbocycles. The van der Waals surface area contributed by atoms with Crippen LogP contribution in [0.5, 0.6) is 0 Å². The first kappa shape index (κ1) is 15.0. The molecule has 2 rings (SSSR count). The molecule has 1 aromatic carbocycles. The highest BCUT2D eigenvalue weighted by Crippen LogP contribution is 2.37. The Morgan fingerprint density at radius 1 is 1.35 bits per heavy atom. The number of aromatic nitrogens is 1. The molecule has 0 radical (unpaired) electrons. The molecule has 0 aliphatic carbocycles. The molecule has 1 heterocycles. The molecule has 0 atom stereocenters. The van der Waals surface area contributed by atoms with Crippen LogP contribution in [0.25, 0.3) is 11.3 Å². The van der Waals surface area contributed by atoms with Crippen LogP contribution in [0, 0.1) is 6.92 Å². The number of Topliss-reactive ketones (excluding diaryl/α,β-unsaturated/α-hetero) is 1. The van der Waals surface area contributed by atoms with Gasteiger partial charge in [0, 0.05) is 18.6 Å². The van der Waals surface area contributed by atoms with Crippen LogP contribution in [0.2, 0.25) is 10.0 Å². The predicted molar refractivity (Wildman–Crippen MR) is 77.3 cm³/mol. The Balaban J connectivity index is 2.51. The van der Waals surface area contributed by atoms with Gasteiger partial charge in [-0.1, -0.05) is 34.4 Å². The van der Waals surface area contributed by atoms with Crippen molar-refractivity contribution in [3.8, 4) is 11.3 Å². The SMILES string of the molecule is Cc1onc(-c2c(Cl)cccc2Cl)c1C(=O)CCCO. The molecular weight excluding hydrogens is 301 g/mol. The molecule has 6 heteroatoms. The van der Waals surface area contributed by atoms with Crippen LogP contribution in [0.3, 0.4) is 0 Å². The number of halogens is 2. The summed E-state index contributed by atoms with van der Waals surface area (Å²) in [6, 6.07) is 5.07. The molecule has 2 aromatic rings. The van der Waals surface area contributed by atoms with E-state index in [9.17, 15) is 4.79 Å². The van der Waals surface area contributed by atoms with Gasteiger partial charge in [-0.15, -0.1) is 0 Å². The second kappa shape index (κ2) is 6.39. The van der Waals surface area contributed by atoms with Crippen molar-refractivity contribution in [2.75, 3.05) is 6.61 Å². The fraction of sp³-hybridized carbons (Fsp3) is 0.286. The molecule has 4 nitrogen and oxygen atoms in total. The largest absolute Gasteiger partial charge is 0.396 e. The highest BCUT2D eigenvalue weighted by molar-refractivity contribution is 6.39. The van der Waals surface area contributed by atoms with Gasteiger partial charge in [-0.25, -0.2) is 0 Å². The molecule has 0 aliphatic heterocycles. The number of nitrogens with zero attached hydrogens (tertiary/aromatic N) is 1. The van der Waals surface area contributed by atoms with Gasteiger partial charge < -0.3 is 9.63 Å². The summed E-state index contributed by atoms with van der Waals surface area (Å²) in [5.41, 5.74) is 1.20. The maximum atomic E-state index is 12.2. The number of aliphatic hydroxyl groups excluding tert-OH is 1. The van der Waals surface area contributed by atoms with Gasteiger partial charge in [0.05, 0.1) is 15.6 Å². The first-order valence-electron chi connectivity index (χ1n) is 6.11. The monoisotopic (exact) mass is 313 g/mol. The van der Waals surface area contributed by atoms with Crippen molar-refractivity contribution < 1.29 is 14.4 Å². The normalized spacial score (nSPS) is 10.8. The molecule has 0 aliphatic rings. The predicted octanol–water partition coefficient (Wildman–Crippen LogP) is 3.91. The minimum atomic E-state index is -0.149. The van der Waals surface area contributed by atoms with Gasteiger partial charge in [-0.3, -0.25) is 4.79 Å². The Hall–Kier alpha value is -1.36. The van der Waals surface area contributed by atoms with E-state index in [0.29, 0.717) is 39.0 Å². The van der Waals surface area contributed by atoms with Crippen molar-refractivity contribution in [3.05, 3.63) is 39.6 Å². The van der Waals surface area contributed by atoms with E-state index in [1.807, 2.05) is 0 Å². The van der Waals surface area contributed by atoms with Crippen molar-refractivity contribution in [2.24, 2.45) is 0 Å². The highest BCUT2D eigenvalue weighted by atomic mass is 35.5. The third-order valence-corrected chi connectivity index (χ3v) is 3.53. The van der Waals surface area contributed by atoms with Crippen LogP contribution in [0.4, 0.5) is 0 Å². The Morgan fingerprint density at radius 2 is 2.00 bits per heavy atom. The van der Waals surface area contributed by atoms with E-state index in [2.05, 4.69) is 5.16 Å². The summed E-state index contributed by atoms with van der Waals surface area (Å²) in [6.45, 7) is 1.62. The van der Waals surface area contributed by atoms with Crippen LogP contribution < -0.4 is 0 Å². The first-order chi connectivity index (χ1) is 9.56. The average Bonchev–Trinajstić information content (AvgIpc) is 2.78. The van der Waals surface area contributed by atoms with Crippen LogP contribution in [-0.2, 0) is 0 Å². The third kappa shape index (κ3) is 2.87. The fourth-order valence-corrected chi connectivity index (χ4v) is 2.54. The molecule has 106 valence electrons. The number of aliphatic hydroxyl groups is 1. The summed E-state index contributed by atoms with van der Waals surface area (Å²) >= 11 is 12.3. The highest BCUT2D eigenvalue weighted by Gasteiger charge is 2.24. The standard InChI is InChI=1S/C14H13Cl2NO3/c1-8-12(11(19)6-3-7-18)14(17-20-8)13-9(15)4-2-5-10(13)16/h2,4-5,18H,3,6-7H2,1H3. The van der Waals surface area contributed by atoms with E-state index in [4.69, 9.17) is 32.8 Å². The number of carbonyl (C=O) groups is 1. The van der Waals surface area contributed by atoms with E-state index in [1.54, 1.807) is 25.1 Å². The topological polar surface area (TPSA) is 63.3 Å². The summed E-state index contributed by atoms with van der Waals surface area (Å²) < 4.78 is 5.11. The Morgan fingerprint density at radius 3 is 2.60 bits per heavy atom. The Kier molecular flexibility index (Phi) is 4.81. The van der Waals surface area contributed by atoms with Gasteiger partial charge in [0.2, 0.25) is 0 Å². The molecule has 1 N–H and O–H groups in total. The van der Waals surface area contributed by atoms with Crippen molar-refractivity contribution in [2.45, 2.75) is 19.8 Å². The van der Waals surface area contributed by atoms with Crippen LogP contribution in [0.15, 0.2) is 22.7 Å². The van der Waals surface area contributed by atoms with Crippen LogP contribution in [0.1, 0.15) is 29.0 Å². The summed E-state index contributed by atoms with van der Waals surface area (Å²) in [5.74, 6) is 0.266. The van der Waals surface area contributed by atoms with Crippen LogP contribution in [-0.4, -0.2) is 22.7 Å². The first-order valence-corrected chi connectivity index (χ1v) is 6.86. The number of carbonyl (C=O) groups excluding carboxylic acids is 1. The number of aryl methyl sites for hydroxylation is 1. The smallest absolute Gasteiger partial charge is 0.168 e. The third-order valence-electron chi connectivity index (χ3n) is 2.90. The zero-order valence-corrected chi connectivity index (χ0v) is 12.3. The van der Waals surface area contributed by atoms with Gasteiger partial charge in [0.1, 0.15) is 11.5 Å². The molecule has 0 fully saturated rings. The summed E-state index contributed by atoms with van der Waals surface area (Å²) in [6.07, 6.45) is 0.604. The van der Waals surface area contributed by atoms with Gasteiger partial charge in [-0.2, -0.15) is 0 Å². The van der Waals surface area contributed by atoms with Gasteiger partial charge in [0.25, 0.3) is 0 Å². The second-order valence-electron chi connectivity index (χ2n) is 4.31. The van der Waals surface area contributed by atoms with E-state index < -0.39 is 0 Å². The van der Waals surface area contributed by atoms with E-state index in [-0.39, 0.29) is 18.8 Å². The molecule has 0 spiro atoms. The Labute approximate surface area is 126 Å². The minimum Gasteiger partial charge on any atom is -0.396 e. The number of hydrogen-bond donors (Lipinski definition) is 1. The number of ketones is 1. The van der Waals surface area contributed by atoms with E-state index in [0.717, 1.165) is 0 Å². The second-order valence-corrected chi connectivity index (χ2v) is 5.12. The Bertz CT molecular complexity index is 617. The van der Waals surface area contributed by atoms with Crippen LogP contribution >= 0.6 is 23.2 Å². The molecule has 0 amide bonds. The van der Waals surface area contributed by atoms with Crippen molar-refractivity contribution in [3.63, 3.8) is 0 Å². The summed E-state index contributed by atoms with van der Waals surface area (Å²) in [7, 11) is 0. The zero-order chi connectivity index (χ0) is 14.7. The molecule has 0 unspecified atom stereocenters. The molecule has 0 bridgehead atoms. The number of benzene rings is 1. The molecule has 1 aromatic heterocycles. The number of rotatable bonds is 5. The summed E-state index contributed by atoms with van der Waals surface area (Å²) in [4.78, 5) is 12.2. The van der Waals surface area contributed by atoms with Crippen molar-refractivity contribution >= 4 is 29.0 Å². The summed E-state index contributed by atoms with van der Waals surface area (Å²) in [5, 5.41) is 13.5. The molecular formula is C14H13Cl2NO3. The average molecular weight is 314 g/mol. The van der Waals surface area contributed by atoms with E-state index >= 15 is 0 Å². The fourth-order valence-electron chi connectivity index (χ4n) is 1.96. The minimum absolute atomic E-state index is 0.0434. The lowest BCUT2D eigenvalue weighted by Gasteiger charge is -2.05. The van der Waals surface area contributed by atoms with E-state index in [1.165, 1.54) is 0 Å². The molecule has 0 saturated heterocycles.